The fourth-order valence-electron chi connectivity index (χ4n) is 4.35. The van der Waals surface area contributed by atoms with E-state index in [9.17, 15) is 10.1 Å². The van der Waals surface area contributed by atoms with Crippen molar-refractivity contribution in [3.05, 3.63) is 126 Å². The molecule has 0 radical (unpaired) electrons. The summed E-state index contributed by atoms with van der Waals surface area (Å²) in [5.41, 5.74) is 8.45. The molecule has 0 saturated carbocycles. The molecular weight excluding hydrogens is 452 g/mol. The minimum Gasteiger partial charge on any atom is -0.490 e. The van der Waals surface area contributed by atoms with Crippen molar-refractivity contribution in [1.82, 2.24) is 0 Å². The van der Waals surface area contributed by atoms with Crippen LogP contribution in [-0.4, -0.2) is 12.6 Å². The summed E-state index contributed by atoms with van der Waals surface area (Å²) in [7, 11) is 0. The monoisotopic (exact) mass is 474 g/mol. The fourth-order valence-corrected chi connectivity index (χ4v) is 4.35. The highest BCUT2D eigenvalue weighted by Gasteiger charge is 2.31. The third kappa shape index (κ3) is 4.26. The molecule has 0 aliphatic carbocycles. The van der Waals surface area contributed by atoms with Crippen molar-refractivity contribution in [3.8, 4) is 23.3 Å². The molecule has 0 fully saturated rings. The van der Waals surface area contributed by atoms with Gasteiger partial charge >= 0.3 is 5.97 Å². The zero-order valence-electron chi connectivity index (χ0n) is 19.3. The molecule has 0 aromatic heterocycles. The molecule has 6 heteroatoms. The van der Waals surface area contributed by atoms with Gasteiger partial charge in [-0.1, -0.05) is 67.3 Å². The van der Waals surface area contributed by atoms with E-state index in [2.05, 4.69) is 12.6 Å². The molecule has 0 amide bonds. The second-order valence-corrected chi connectivity index (χ2v) is 8.21. The van der Waals surface area contributed by atoms with Crippen molar-refractivity contribution in [2.45, 2.75) is 5.92 Å². The van der Waals surface area contributed by atoms with Crippen LogP contribution in [0.5, 0.6) is 17.2 Å². The number of benzene rings is 4. The van der Waals surface area contributed by atoms with Gasteiger partial charge in [0.15, 0.2) is 0 Å². The Labute approximate surface area is 208 Å². The largest absolute Gasteiger partial charge is 0.490 e. The Morgan fingerprint density at radius 3 is 2.67 bits per heavy atom. The first-order chi connectivity index (χ1) is 17.6. The number of hydrogen-bond acceptors (Lipinski definition) is 6. The van der Waals surface area contributed by atoms with Gasteiger partial charge in [0.05, 0.1) is 11.5 Å². The number of nitriles is 1. The number of carbonyl (C=O) groups excluding carboxylic acids is 1. The average Bonchev–Trinajstić information content (AvgIpc) is 2.90. The minimum atomic E-state index is -0.479. The summed E-state index contributed by atoms with van der Waals surface area (Å²) >= 11 is 0. The van der Waals surface area contributed by atoms with Crippen LogP contribution in [0.15, 0.2) is 109 Å². The summed E-state index contributed by atoms with van der Waals surface area (Å²) in [6, 6.07) is 27.8. The Hall–Kier alpha value is -5.02. The van der Waals surface area contributed by atoms with E-state index in [-0.39, 0.29) is 5.88 Å². The molecule has 5 rings (SSSR count). The number of carbonyl (C=O) groups is 1. The van der Waals surface area contributed by atoms with Gasteiger partial charge in [-0.25, -0.2) is 4.79 Å². The molecule has 4 aromatic rings. The first-order valence-electron chi connectivity index (χ1n) is 11.3. The molecule has 1 aliphatic rings. The molecule has 6 nitrogen and oxygen atoms in total. The van der Waals surface area contributed by atoms with Crippen LogP contribution in [0.25, 0.3) is 10.8 Å². The molecule has 2 N–H and O–H groups in total. The van der Waals surface area contributed by atoms with Crippen molar-refractivity contribution in [2.24, 2.45) is 5.73 Å². The number of nitrogens with two attached hydrogens (primary N) is 1. The standard InChI is InChI=1S/C30H22N2O4/c1-2-15-34-21-10-5-9-20(16-21)28-25-14-13-22(17-27(25)36-29(32)26(28)18-31)35-30(33)24-12-6-8-19-7-3-4-11-23(19)24/h2-14,16-17,28H,1,15,32H2. The van der Waals surface area contributed by atoms with E-state index in [0.29, 0.717) is 35.0 Å². The van der Waals surface area contributed by atoms with Gasteiger partial charge < -0.3 is 19.9 Å². The summed E-state index contributed by atoms with van der Waals surface area (Å²) in [6.07, 6.45) is 1.66. The van der Waals surface area contributed by atoms with Gasteiger partial charge in [0.1, 0.15) is 35.5 Å². The maximum Gasteiger partial charge on any atom is 0.344 e. The lowest BCUT2D eigenvalue weighted by Gasteiger charge is -2.27. The lowest BCUT2D eigenvalue weighted by atomic mass is 9.83. The number of nitrogens with zero attached hydrogens (tertiary/aromatic N) is 1. The normalized spacial score (nSPS) is 14.4. The Morgan fingerprint density at radius 1 is 1.03 bits per heavy atom. The third-order valence-corrected chi connectivity index (χ3v) is 5.97. The van der Waals surface area contributed by atoms with Crippen LogP contribution in [0, 0.1) is 11.3 Å². The van der Waals surface area contributed by atoms with Crippen LogP contribution in [-0.2, 0) is 0 Å². The van der Waals surface area contributed by atoms with Crippen LogP contribution in [0.4, 0.5) is 0 Å². The van der Waals surface area contributed by atoms with Gasteiger partial charge in [0.25, 0.3) is 0 Å². The quantitative estimate of drug-likeness (QED) is 0.214. The Kier molecular flexibility index (Phi) is 6.12. The topological polar surface area (TPSA) is 94.6 Å². The predicted octanol–water partition coefficient (Wildman–Crippen LogP) is 5.84. The highest BCUT2D eigenvalue weighted by atomic mass is 16.5. The summed E-state index contributed by atoms with van der Waals surface area (Å²) in [4.78, 5) is 13.0. The smallest absolute Gasteiger partial charge is 0.344 e. The Morgan fingerprint density at radius 2 is 1.83 bits per heavy atom. The van der Waals surface area contributed by atoms with E-state index in [1.165, 1.54) is 0 Å². The molecule has 1 heterocycles. The molecule has 176 valence electrons. The van der Waals surface area contributed by atoms with Crippen molar-refractivity contribution in [1.29, 1.82) is 5.26 Å². The lowest BCUT2D eigenvalue weighted by Crippen LogP contribution is -2.21. The summed E-state index contributed by atoms with van der Waals surface area (Å²) < 4.78 is 17.1. The number of ether oxygens (including phenoxy) is 3. The lowest BCUT2D eigenvalue weighted by molar-refractivity contribution is 0.0736. The zero-order valence-corrected chi connectivity index (χ0v) is 19.3. The van der Waals surface area contributed by atoms with E-state index in [1.807, 2.05) is 60.7 Å². The van der Waals surface area contributed by atoms with Gasteiger partial charge in [-0.2, -0.15) is 5.26 Å². The maximum absolute atomic E-state index is 13.0. The van der Waals surface area contributed by atoms with Crippen molar-refractivity contribution in [2.75, 3.05) is 6.61 Å². The van der Waals surface area contributed by atoms with E-state index < -0.39 is 11.9 Å². The summed E-state index contributed by atoms with van der Waals surface area (Å²) in [6.45, 7) is 4.03. The second kappa shape index (κ2) is 9.69. The number of rotatable bonds is 6. The van der Waals surface area contributed by atoms with Gasteiger partial charge in [-0.05, 0) is 40.6 Å². The summed E-state index contributed by atoms with van der Waals surface area (Å²) in [5, 5.41) is 11.6. The van der Waals surface area contributed by atoms with E-state index >= 15 is 0 Å². The van der Waals surface area contributed by atoms with Crippen LogP contribution in [0.1, 0.15) is 27.4 Å². The van der Waals surface area contributed by atoms with Gasteiger partial charge in [-0.15, -0.1) is 0 Å². The number of allylic oxidation sites excluding steroid dienone is 1. The number of fused-ring (bicyclic) bond motifs is 2. The van der Waals surface area contributed by atoms with Crippen LogP contribution in [0.2, 0.25) is 0 Å². The third-order valence-electron chi connectivity index (χ3n) is 5.97. The fraction of sp³-hybridized carbons (Fsp3) is 0.0667. The van der Waals surface area contributed by atoms with Gasteiger partial charge in [0, 0.05) is 11.6 Å². The van der Waals surface area contributed by atoms with E-state index in [4.69, 9.17) is 19.9 Å². The molecular formula is C30H22N2O4. The van der Waals surface area contributed by atoms with Crippen molar-refractivity contribution in [3.63, 3.8) is 0 Å². The first-order valence-corrected chi connectivity index (χ1v) is 11.3. The molecule has 0 bridgehead atoms. The SMILES string of the molecule is C=CCOc1cccc(C2C(C#N)=C(N)Oc3cc(OC(=O)c4cccc5ccccc45)ccc32)c1. The van der Waals surface area contributed by atoms with E-state index in [0.717, 1.165) is 21.9 Å². The predicted molar refractivity (Wildman–Crippen MR) is 137 cm³/mol. The number of esters is 1. The second-order valence-electron chi connectivity index (χ2n) is 8.21. The van der Waals surface area contributed by atoms with Gasteiger partial charge in [-0.3, -0.25) is 0 Å². The molecule has 0 spiro atoms. The van der Waals surface area contributed by atoms with Crippen molar-refractivity contribution >= 4 is 16.7 Å². The van der Waals surface area contributed by atoms with Crippen LogP contribution >= 0.6 is 0 Å². The van der Waals surface area contributed by atoms with Crippen molar-refractivity contribution < 1.29 is 19.0 Å². The molecule has 1 atom stereocenters. The highest BCUT2D eigenvalue weighted by Crippen LogP contribution is 2.44. The first kappa shape index (κ1) is 22.8. The highest BCUT2D eigenvalue weighted by molar-refractivity contribution is 6.05. The molecule has 1 aliphatic heterocycles. The van der Waals surface area contributed by atoms with E-state index in [1.54, 1.807) is 30.3 Å². The van der Waals surface area contributed by atoms with Crippen LogP contribution < -0.4 is 19.9 Å². The molecule has 4 aromatic carbocycles. The maximum atomic E-state index is 13.0. The zero-order chi connectivity index (χ0) is 25.1. The average molecular weight is 475 g/mol. The Balaban J connectivity index is 1.49. The number of hydrogen-bond donors (Lipinski definition) is 1. The summed E-state index contributed by atoms with van der Waals surface area (Å²) in [5.74, 6) is 0.432. The Bertz CT molecular complexity index is 1560. The molecule has 36 heavy (non-hydrogen) atoms. The minimum absolute atomic E-state index is 0.00458. The molecule has 0 saturated heterocycles. The van der Waals surface area contributed by atoms with Crippen LogP contribution in [0.3, 0.4) is 0 Å². The molecule has 1 unspecified atom stereocenters. The van der Waals surface area contributed by atoms with Gasteiger partial charge in [0.2, 0.25) is 5.88 Å².